The van der Waals surface area contributed by atoms with Crippen LogP contribution in [0.15, 0.2) is 18.2 Å². The third kappa shape index (κ3) is 2.54. The highest BCUT2D eigenvalue weighted by Crippen LogP contribution is 2.28. The minimum absolute atomic E-state index is 0.125. The zero-order valence-corrected chi connectivity index (χ0v) is 9.77. The van der Waals surface area contributed by atoms with Crippen LogP contribution in [0.1, 0.15) is 30.6 Å². The van der Waals surface area contributed by atoms with E-state index in [9.17, 15) is 5.11 Å². The van der Waals surface area contributed by atoms with Crippen LogP contribution < -0.4 is 4.74 Å². The molecule has 16 heavy (non-hydrogen) atoms. The normalized spacial score (nSPS) is 22.1. The van der Waals surface area contributed by atoms with Gasteiger partial charge in [-0.2, -0.15) is 0 Å². The van der Waals surface area contributed by atoms with Crippen LogP contribution in [0.5, 0.6) is 5.75 Å². The first-order chi connectivity index (χ1) is 7.66. The van der Waals surface area contributed by atoms with Gasteiger partial charge in [0.2, 0.25) is 0 Å². The second-order valence-corrected chi connectivity index (χ2v) is 4.32. The van der Waals surface area contributed by atoms with Crippen molar-refractivity contribution in [3.05, 3.63) is 29.3 Å². The first kappa shape index (κ1) is 11.4. The number of aliphatic hydroxyl groups excluding tert-OH is 1. The lowest BCUT2D eigenvalue weighted by Gasteiger charge is -2.17. The lowest BCUT2D eigenvalue weighted by molar-refractivity contribution is 0.135. The Hall–Kier alpha value is -1.06. The molecule has 1 aliphatic rings. The maximum absolute atomic E-state index is 9.69. The number of aryl methyl sites for hydroxylation is 1. The number of ether oxygens (including phenoxy) is 2. The topological polar surface area (TPSA) is 38.7 Å². The van der Waals surface area contributed by atoms with Crippen LogP contribution >= 0.6 is 0 Å². The van der Waals surface area contributed by atoms with Gasteiger partial charge in [-0.1, -0.05) is 11.6 Å². The molecule has 2 atom stereocenters. The Bertz CT molecular complexity index is 354. The fraction of sp³-hybridized carbons (Fsp3) is 0.538. The van der Waals surface area contributed by atoms with E-state index in [1.807, 2.05) is 25.1 Å². The molecule has 0 aromatic heterocycles. The van der Waals surface area contributed by atoms with Gasteiger partial charge >= 0.3 is 0 Å². The van der Waals surface area contributed by atoms with E-state index < -0.39 is 6.10 Å². The van der Waals surface area contributed by atoms with Crippen molar-refractivity contribution < 1.29 is 14.6 Å². The van der Waals surface area contributed by atoms with Crippen LogP contribution in [-0.2, 0) is 4.74 Å². The highest BCUT2D eigenvalue weighted by Gasteiger charge is 2.19. The Morgan fingerprint density at radius 3 is 2.94 bits per heavy atom. The van der Waals surface area contributed by atoms with Gasteiger partial charge in [0.25, 0.3) is 0 Å². The maximum Gasteiger partial charge on any atom is 0.125 e. The van der Waals surface area contributed by atoms with Crippen LogP contribution in [0.3, 0.4) is 0 Å². The molecule has 2 unspecified atom stereocenters. The molecule has 0 saturated carbocycles. The summed E-state index contributed by atoms with van der Waals surface area (Å²) in [6.45, 7) is 5.18. The Kier molecular flexibility index (Phi) is 3.46. The SMILES string of the molecule is Cc1ccc(OC2CCOC2)c(C(C)O)c1. The molecule has 1 saturated heterocycles. The molecule has 1 heterocycles. The quantitative estimate of drug-likeness (QED) is 0.852. The van der Waals surface area contributed by atoms with Crippen LogP contribution in [-0.4, -0.2) is 24.4 Å². The van der Waals surface area contributed by atoms with Crippen molar-refractivity contribution in [2.75, 3.05) is 13.2 Å². The second kappa shape index (κ2) is 4.85. The second-order valence-electron chi connectivity index (χ2n) is 4.32. The molecule has 0 amide bonds. The maximum atomic E-state index is 9.69. The number of hydrogen-bond acceptors (Lipinski definition) is 3. The summed E-state index contributed by atoms with van der Waals surface area (Å²) in [5.41, 5.74) is 1.98. The summed E-state index contributed by atoms with van der Waals surface area (Å²) >= 11 is 0. The van der Waals surface area contributed by atoms with E-state index in [0.717, 1.165) is 29.9 Å². The van der Waals surface area contributed by atoms with E-state index in [4.69, 9.17) is 9.47 Å². The molecular weight excluding hydrogens is 204 g/mol. The molecule has 0 radical (unpaired) electrons. The Labute approximate surface area is 96.0 Å². The fourth-order valence-corrected chi connectivity index (χ4v) is 1.89. The van der Waals surface area contributed by atoms with Gasteiger partial charge in [0.15, 0.2) is 0 Å². The standard InChI is InChI=1S/C13H18O3/c1-9-3-4-13(12(7-9)10(2)14)16-11-5-6-15-8-11/h3-4,7,10-11,14H,5-6,8H2,1-2H3. The summed E-state index contributed by atoms with van der Waals surface area (Å²) in [5.74, 6) is 0.774. The van der Waals surface area contributed by atoms with Gasteiger partial charge in [0, 0.05) is 12.0 Å². The monoisotopic (exact) mass is 222 g/mol. The third-order valence-electron chi connectivity index (χ3n) is 2.80. The predicted octanol–water partition coefficient (Wildman–Crippen LogP) is 2.22. The van der Waals surface area contributed by atoms with Crippen molar-refractivity contribution in [3.8, 4) is 5.75 Å². The highest BCUT2D eigenvalue weighted by molar-refractivity contribution is 5.38. The molecular formula is C13H18O3. The van der Waals surface area contributed by atoms with Crippen LogP contribution in [0.25, 0.3) is 0 Å². The Morgan fingerprint density at radius 1 is 1.50 bits per heavy atom. The van der Waals surface area contributed by atoms with Gasteiger partial charge < -0.3 is 14.6 Å². The van der Waals surface area contributed by atoms with Crippen molar-refractivity contribution in [3.63, 3.8) is 0 Å². The average Bonchev–Trinajstić information content (AvgIpc) is 2.73. The summed E-state index contributed by atoms with van der Waals surface area (Å²) in [6.07, 6.45) is 0.546. The van der Waals surface area contributed by atoms with E-state index in [1.165, 1.54) is 0 Å². The summed E-state index contributed by atoms with van der Waals surface area (Å²) in [6, 6.07) is 5.89. The number of benzene rings is 1. The molecule has 0 spiro atoms. The molecule has 0 aliphatic carbocycles. The van der Waals surface area contributed by atoms with Gasteiger partial charge in [0.05, 0.1) is 19.3 Å². The molecule has 1 aromatic carbocycles. The van der Waals surface area contributed by atoms with E-state index in [0.29, 0.717) is 6.61 Å². The lowest BCUT2D eigenvalue weighted by Crippen LogP contribution is -2.17. The first-order valence-corrected chi connectivity index (χ1v) is 5.70. The van der Waals surface area contributed by atoms with Gasteiger partial charge in [-0.25, -0.2) is 0 Å². The van der Waals surface area contributed by atoms with E-state index in [2.05, 4.69) is 0 Å². The zero-order chi connectivity index (χ0) is 11.5. The lowest BCUT2D eigenvalue weighted by atomic mass is 10.1. The summed E-state index contributed by atoms with van der Waals surface area (Å²) in [7, 11) is 0. The third-order valence-corrected chi connectivity index (χ3v) is 2.80. The van der Waals surface area contributed by atoms with Crippen molar-refractivity contribution in [1.29, 1.82) is 0 Å². The van der Waals surface area contributed by atoms with Crippen molar-refractivity contribution in [1.82, 2.24) is 0 Å². The Balaban J connectivity index is 2.18. The summed E-state index contributed by atoms with van der Waals surface area (Å²) in [4.78, 5) is 0. The average molecular weight is 222 g/mol. The van der Waals surface area contributed by atoms with Gasteiger partial charge in [-0.15, -0.1) is 0 Å². The van der Waals surface area contributed by atoms with Crippen LogP contribution in [0, 0.1) is 6.92 Å². The Morgan fingerprint density at radius 2 is 2.31 bits per heavy atom. The molecule has 1 fully saturated rings. The summed E-state index contributed by atoms with van der Waals surface area (Å²) < 4.78 is 11.1. The number of aliphatic hydroxyl groups is 1. The van der Waals surface area contributed by atoms with Gasteiger partial charge in [-0.05, 0) is 26.0 Å². The zero-order valence-electron chi connectivity index (χ0n) is 9.77. The van der Waals surface area contributed by atoms with Crippen molar-refractivity contribution in [2.24, 2.45) is 0 Å². The number of rotatable bonds is 3. The minimum Gasteiger partial charge on any atom is -0.488 e. The predicted molar refractivity (Wildman–Crippen MR) is 61.7 cm³/mol. The van der Waals surface area contributed by atoms with Crippen molar-refractivity contribution in [2.45, 2.75) is 32.5 Å². The smallest absolute Gasteiger partial charge is 0.125 e. The van der Waals surface area contributed by atoms with Crippen LogP contribution in [0.2, 0.25) is 0 Å². The summed E-state index contributed by atoms with van der Waals surface area (Å²) in [5, 5.41) is 9.69. The molecule has 3 nitrogen and oxygen atoms in total. The first-order valence-electron chi connectivity index (χ1n) is 5.70. The van der Waals surface area contributed by atoms with Gasteiger partial charge in [-0.3, -0.25) is 0 Å². The molecule has 88 valence electrons. The molecule has 1 N–H and O–H groups in total. The van der Waals surface area contributed by atoms with Crippen LogP contribution in [0.4, 0.5) is 0 Å². The minimum atomic E-state index is -0.503. The molecule has 1 aromatic rings. The van der Waals surface area contributed by atoms with Crippen molar-refractivity contribution >= 4 is 0 Å². The van der Waals surface area contributed by atoms with E-state index in [-0.39, 0.29) is 6.10 Å². The molecule has 0 bridgehead atoms. The molecule has 3 heteroatoms. The fourth-order valence-electron chi connectivity index (χ4n) is 1.89. The van der Waals surface area contributed by atoms with E-state index >= 15 is 0 Å². The van der Waals surface area contributed by atoms with Gasteiger partial charge in [0.1, 0.15) is 11.9 Å². The number of hydrogen-bond donors (Lipinski definition) is 1. The highest BCUT2D eigenvalue weighted by atomic mass is 16.5. The largest absolute Gasteiger partial charge is 0.488 e. The molecule has 2 rings (SSSR count). The molecule has 1 aliphatic heterocycles. The van der Waals surface area contributed by atoms with E-state index in [1.54, 1.807) is 6.92 Å².